The minimum Gasteiger partial charge on any atom is -0.391 e. The first-order valence-electron chi connectivity index (χ1n) is 10.1. The number of benzene rings is 2. The number of nitrogens with one attached hydrogen (secondary N) is 1. The predicted octanol–water partition coefficient (Wildman–Crippen LogP) is 2.36. The lowest BCUT2D eigenvalue weighted by atomic mass is 10.0. The number of rotatable bonds is 9. The highest BCUT2D eigenvalue weighted by Gasteiger charge is 2.25. The fraction of sp³-hybridized carbons (Fsp3) is 0.320. The number of ketones is 1. The Kier molecular flexibility index (Phi) is 9.45. The average molecular weight is 418 g/mol. The maximum atomic E-state index is 12.3. The van der Waals surface area contributed by atoms with Crippen molar-refractivity contribution in [1.29, 1.82) is 5.26 Å². The number of hydrogen-bond acceptors (Lipinski definition) is 5. The number of nitrogens with zero attached hydrogens (tertiary/aromatic N) is 1. The molecule has 3 N–H and O–H groups in total. The summed E-state index contributed by atoms with van der Waals surface area (Å²) in [4.78, 5) is 23.9. The molecule has 0 radical (unpaired) electrons. The van der Waals surface area contributed by atoms with Crippen LogP contribution < -0.4 is 5.32 Å². The number of hydrogen-bond donors (Lipinski definition) is 3. The lowest BCUT2D eigenvalue weighted by Crippen LogP contribution is -2.48. The largest absolute Gasteiger partial charge is 0.391 e. The molecule has 0 aromatic heterocycles. The summed E-state index contributed by atoms with van der Waals surface area (Å²) in [6.07, 6.45) is 2.32. The average Bonchev–Trinajstić information content (AvgIpc) is 2.79. The summed E-state index contributed by atoms with van der Waals surface area (Å²) in [6, 6.07) is 15.6. The van der Waals surface area contributed by atoms with Gasteiger partial charge in [0.15, 0.2) is 5.78 Å². The van der Waals surface area contributed by atoms with E-state index in [1.807, 2.05) is 24.3 Å². The van der Waals surface area contributed by atoms with Crippen LogP contribution in [0.15, 0.2) is 48.5 Å². The number of amides is 1. The molecule has 0 fully saturated rings. The zero-order valence-electron chi connectivity index (χ0n) is 17.5. The second-order valence-electron chi connectivity index (χ2n) is 7.21. The van der Waals surface area contributed by atoms with Crippen LogP contribution in [-0.2, 0) is 11.2 Å². The van der Waals surface area contributed by atoms with Gasteiger partial charge in [0, 0.05) is 23.1 Å². The van der Waals surface area contributed by atoms with Crippen LogP contribution in [0.2, 0.25) is 0 Å². The number of aliphatic hydroxyl groups is 2. The molecule has 0 aliphatic rings. The monoisotopic (exact) mass is 418 g/mol. The van der Waals surface area contributed by atoms with Gasteiger partial charge in [0.2, 0.25) is 0 Å². The molecule has 0 aliphatic heterocycles. The number of aryl methyl sites for hydroxylation is 1. The van der Waals surface area contributed by atoms with E-state index in [0.29, 0.717) is 12.0 Å². The first kappa shape index (κ1) is 23.8. The summed E-state index contributed by atoms with van der Waals surface area (Å²) in [5.41, 5.74) is 3.15. The second-order valence-corrected chi connectivity index (χ2v) is 7.21. The van der Waals surface area contributed by atoms with Gasteiger partial charge in [-0.15, -0.1) is 0 Å². The Balaban J connectivity index is 1.97. The number of nitriles is 1. The first-order chi connectivity index (χ1) is 14.9. The van der Waals surface area contributed by atoms with Gasteiger partial charge < -0.3 is 15.5 Å². The van der Waals surface area contributed by atoms with Gasteiger partial charge in [-0.3, -0.25) is 9.59 Å². The molecule has 2 rings (SSSR count). The van der Waals surface area contributed by atoms with Crippen molar-refractivity contribution in [3.8, 4) is 17.9 Å². The number of unbranched alkanes of at least 4 members (excludes halogenated alkanes) is 2. The molecule has 1 amide bonds. The summed E-state index contributed by atoms with van der Waals surface area (Å²) in [6.45, 7) is 0.616. The maximum Gasteiger partial charge on any atom is 0.251 e. The molecular weight excluding hydrogens is 392 g/mol. The quantitative estimate of drug-likeness (QED) is 0.428. The van der Waals surface area contributed by atoms with Crippen molar-refractivity contribution in [2.24, 2.45) is 0 Å². The molecule has 160 valence electrons. The van der Waals surface area contributed by atoms with Crippen molar-refractivity contribution in [1.82, 2.24) is 5.32 Å². The molecule has 31 heavy (non-hydrogen) atoms. The number of carbonyl (C=O) groups excluding carboxylic acids is 2. The van der Waals surface area contributed by atoms with Crippen molar-refractivity contribution < 1.29 is 19.8 Å². The maximum absolute atomic E-state index is 12.3. The minimum absolute atomic E-state index is 0.322. The molecule has 0 bridgehead atoms. The Labute approximate surface area is 182 Å². The highest BCUT2D eigenvalue weighted by atomic mass is 16.3. The molecule has 6 nitrogen and oxygen atoms in total. The smallest absolute Gasteiger partial charge is 0.251 e. The Hall–Kier alpha value is -3.45. The van der Waals surface area contributed by atoms with E-state index < -0.39 is 30.4 Å². The standard InChI is InChI=1S/C25H26N2O4/c1-18(29)24(23(30)17-28)27-25(31)22-14-12-21(13-15-22)11-10-20-8-6-19(7-9-20)5-3-2-4-16-26/h6-9,12-15,18,24,28-29H,2-5,17H2,1H3,(H,27,31)/t18-,24+/m1/s1. The third-order valence-electron chi connectivity index (χ3n) is 4.73. The molecule has 6 heteroatoms. The predicted molar refractivity (Wildman–Crippen MR) is 117 cm³/mol. The Bertz CT molecular complexity index is 977. The number of Topliss-reactive ketones (excluding diaryl/α,β-unsaturated/α-hetero) is 1. The molecule has 2 aromatic carbocycles. The molecular formula is C25H26N2O4. The number of carbonyl (C=O) groups is 2. The van der Waals surface area contributed by atoms with Crippen molar-refractivity contribution >= 4 is 11.7 Å². The van der Waals surface area contributed by atoms with E-state index >= 15 is 0 Å². The van der Waals surface area contributed by atoms with Crippen LogP contribution in [0.4, 0.5) is 0 Å². The molecule has 0 saturated carbocycles. The topological polar surface area (TPSA) is 110 Å². The van der Waals surface area contributed by atoms with E-state index in [4.69, 9.17) is 10.4 Å². The van der Waals surface area contributed by atoms with Gasteiger partial charge in [-0.2, -0.15) is 5.26 Å². The van der Waals surface area contributed by atoms with Crippen LogP contribution in [0.25, 0.3) is 0 Å². The van der Waals surface area contributed by atoms with Crippen molar-refractivity contribution in [3.63, 3.8) is 0 Å². The zero-order chi connectivity index (χ0) is 22.6. The van der Waals surface area contributed by atoms with E-state index in [-0.39, 0.29) is 0 Å². The summed E-state index contributed by atoms with van der Waals surface area (Å²) in [5, 5.41) is 29.6. The summed E-state index contributed by atoms with van der Waals surface area (Å²) in [7, 11) is 0. The van der Waals surface area contributed by atoms with E-state index in [0.717, 1.165) is 30.4 Å². The van der Waals surface area contributed by atoms with Gasteiger partial charge in [0.05, 0.1) is 12.2 Å². The molecule has 0 spiro atoms. The Morgan fingerprint density at radius 2 is 1.58 bits per heavy atom. The first-order valence-corrected chi connectivity index (χ1v) is 10.1. The van der Waals surface area contributed by atoms with Crippen LogP contribution in [0.3, 0.4) is 0 Å². The minimum atomic E-state index is -1.16. The molecule has 2 atom stereocenters. The summed E-state index contributed by atoms with van der Waals surface area (Å²) < 4.78 is 0. The van der Waals surface area contributed by atoms with E-state index in [1.165, 1.54) is 12.5 Å². The van der Waals surface area contributed by atoms with Crippen LogP contribution in [-0.4, -0.2) is 40.7 Å². The van der Waals surface area contributed by atoms with Gasteiger partial charge in [-0.1, -0.05) is 24.0 Å². The molecule has 0 heterocycles. The van der Waals surface area contributed by atoms with Crippen LogP contribution >= 0.6 is 0 Å². The lowest BCUT2D eigenvalue weighted by molar-refractivity contribution is -0.125. The SMILES string of the molecule is C[C@@H](O)[C@H](NC(=O)c1ccc(C#Cc2ccc(CCCCC#N)cc2)cc1)C(=O)CO. The second kappa shape index (κ2) is 12.3. The molecule has 2 aromatic rings. The van der Waals surface area contributed by atoms with Gasteiger partial charge in [0.25, 0.3) is 5.91 Å². The van der Waals surface area contributed by atoms with E-state index in [1.54, 1.807) is 24.3 Å². The van der Waals surface area contributed by atoms with E-state index in [2.05, 4.69) is 23.2 Å². The van der Waals surface area contributed by atoms with Crippen LogP contribution in [0.1, 0.15) is 53.2 Å². The normalized spacial score (nSPS) is 12.1. The fourth-order valence-corrected chi connectivity index (χ4v) is 2.93. The molecule has 0 saturated heterocycles. The third kappa shape index (κ3) is 7.71. The highest BCUT2D eigenvalue weighted by Crippen LogP contribution is 2.09. The molecule has 0 aliphatic carbocycles. The van der Waals surface area contributed by atoms with Crippen molar-refractivity contribution in [3.05, 3.63) is 70.8 Å². The van der Waals surface area contributed by atoms with Gasteiger partial charge in [0.1, 0.15) is 12.6 Å². The zero-order valence-corrected chi connectivity index (χ0v) is 17.5. The van der Waals surface area contributed by atoms with E-state index in [9.17, 15) is 14.7 Å². The van der Waals surface area contributed by atoms with Crippen molar-refractivity contribution in [2.75, 3.05) is 6.61 Å². The van der Waals surface area contributed by atoms with Gasteiger partial charge in [-0.25, -0.2) is 0 Å². The van der Waals surface area contributed by atoms with Gasteiger partial charge >= 0.3 is 0 Å². The summed E-state index contributed by atoms with van der Waals surface area (Å²) >= 11 is 0. The lowest BCUT2D eigenvalue weighted by Gasteiger charge is -2.19. The third-order valence-corrected chi connectivity index (χ3v) is 4.73. The fourth-order valence-electron chi connectivity index (χ4n) is 2.93. The highest BCUT2D eigenvalue weighted by molar-refractivity contribution is 5.98. The molecule has 0 unspecified atom stereocenters. The van der Waals surface area contributed by atoms with Crippen LogP contribution in [0.5, 0.6) is 0 Å². The van der Waals surface area contributed by atoms with Gasteiger partial charge in [-0.05, 0) is 68.1 Å². The van der Waals surface area contributed by atoms with Crippen molar-refractivity contribution in [2.45, 2.75) is 44.8 Å². The van der Waals surface area contributed by atoms with Crippen LogP contribution in [0, 0.1) is 23.2 Å². The Morgan fingerprint density at radius 3 is 2.10 bits per heavy atom. The Morgan fingerprint density at radius 1 is 1.00 bits per heavy atom. The number of aliphatic hydroxyl groups excluding tert-OH is 2. The summed E-state index contributed by atoms with van der Waals surface area (Å²) in [5.74, 6) is 4.96.